The highest BCUT2D eigenvalue weighted by molar-refractivity contribution is 6.13. The summed E-state index contributed by atoms with van der Waals surface area (Å²) in [6.45, 7) is 0. The number of rotatable bonds is 6. The molecule has 6 nitrogen and oxygen atoms in total. The van der Waals surface area contributed by atoms with Crippen LogP contribution in [0.3, 0.4) is 0 Å². The third-order valence-electron chi connectivity index (χ3n) is 3.10. The number of aryl methyl sites for hydroxylation is 1. The fourth-order valence-electron chi connectivity index (χ4n) is 1.98. The van der Waals surface area contributed by atoms with Crippen LogP contribution < -0.4 is 9.47 Å². The first-order valence-electron chi connectivity index (χ1n) is 6.32. The molecule has 0 spiro atoms. The first-order valence-corrected chi connectivity index (χ1v) is 6.32. The summed E-state index contributed by atoms with van der Waals surface area (Å²) in [6, 6.07) is 4.85. The van der Waals surface area contributed by atoms with Gasteiger partial charge in [-0.2, -0.15) is 0 Å². The van der Waals surface area contributed by atoms with Gasteiger partial charge < -0.3 is 14.0 Å². The van der Waals surface area contributed by atoms with E-state index in [9.17, 15) is 9.59 Å². The maximum atomic E-state index is 12.3. The van der Waals surface area contributed by atoms with Gasteiger partial charge >= 0.3 is 0 Å². The molecule has 0 aliphatic rings. The number of benzene rings is 1. The lowest BCUT2D eigenvalue weighted by Crippen LogP contribution is -2.13. The summed E-state index contributed by atoms with van der Waals surface area (Å²) in [7, 11) is 4.70. The number of carbonyl (C=O) groups excluding carboxylic acids is 2. The molecular formula is C15H16N2O4. The minimum Gasteiger partial charge on any atom is -0.497 e. The lowest BCUT2D eigenvalue weighted by Gasteiger charge is -2.09. The van der Waals surface area contributed by atoms with Gasteiger partial charge in [-0.15, -0.1) is 0 Å². The van der Waals surface area contributed by atoms with Crippen molar-refractivity contribution in [2.75, 3.05) is 14.2 Å². The zero-order valence-corrected chi connectivity index (χ0v) is 12.1. The molecule has 110 valence electrons. The Bertz CT molecular complexity index is 676. The summed E-state index contributed by atoms with van der Waals surface area (Å²) >= 11 is 0. The molecule has 0 saturated heterocycles. The Morgan fingerprint density at radius 1 is 1.19 bits per heavy atom. The second-order valence-corrected chi connectivity index (χ2v) is 4.45. The topological polar surface area (TPSA) is 70.4 Å². The minimum absolute atomic E-state index is 0.256. The Balaban J connectivity index is 2.21. The van der Waals surface area contributed by atoms with Gasteiger partial charge in [0.1, 0.15) is 11.5 Å². The first-order chi connectivity index (χ1) is 10.1. The number of hydrogen-bond donors (Lipinski definition) is 0. The fraction of sp³-hybridized carbons (Fsp3) is 0.267. The van der Waals surface area contributed by atoms with E-state index in [-0.39, 0.29) is 23.8 Å². The number of carbonyl (C=O) groups is 2. The van der Waals surface area contributed by atoms with Gasteiger partial charge in [0.25, 0.3) is 0 Å². The van der Waals surface area contributed by atoms with Crippen molar-refractivity contribution in [2.45, 2.75) is 6.42 Å². The van der Waals surface area contributed by atoms with Crippen LogP contribution in [0.25, 0.3) is 0 Å². The van der Waals surface area contributed by atoms with E-state index in [0.717, 1.165) is 0 Å². The summed E-state index contributed by atoms with van der Waals surface area (Å²) in [5, 5.41) is 0. The number of hydrogen-bond acceptors (Lipinski definition) is 5. The van der Waals surface area contributed by atoms with Crippen molar-refractivity contribution in [3.05, 3.63) is 42.0 Å². The zero-order valence-electron chi connectivity index (χ0n) is 12.1. The molecule has 0 bridgehead atoms. The number of Topliss-reactive ketones (excluding diaryl/α,β-unsaturated/α-hetero) is 2. The van der Waals surface area contributed by atoms with Gasteiger partial charge in [-0.05, 0) is 12.1 Å². The number of ketones is 2. The molecule has 0 unspecified atom stereocenters. The van der Waals surface area contributed by atoms with Crippen LogP contribution in [0.4, 0.5) is 0 Å². The highest BCUT2D eigenvalue weighted by Gasteiger charge is 2.20. The molecule has 0 aliphatic heterocycles. The van der Waals surface area contributed by atoms with Crippen LogP contribution in [0.15, 0.2) is 30.6 Å². The molecule has 2 aromatic rings. The predicted molar refractivity (Wildman–Crippen MR) is 76.0 cm³/mol. The molecule has 0 fully saturated rings. The Morgan fingerprint density at radius 3 is 2.52 bits per heavy atom. The SMILES string of the molecule is COc1ccc(C(=O)CC(=O)c2nccn2C)c(OC)c1. The maximum Gasteiger partial charge on any atom is 0.205 e. The molecule has 1 heterocycles. The van der Waals surface area contributed by atoms with Crippen molar-refractivity contribution in [1.29, 1.82) is 0 Å². The van der Waals surface area contributed by atoms with Crippen molar-refractivity contribution in [2.24, 2.45) is 7.05 Å². The molecule has 0 radical (unpaired) electrons. The summed E-state index contributed by atoms with van der Waals surface area (Å²) in [5.74, 6) is 0.578. The highest BCUT2D eigenvalue weighted by atomic mass is 16.5. The van der Waals surface area contributed by atoms with Gasteiger partial charge in [0.2, 0.25) is 5.78 Å². The summed E-state index contributed by atoms with van der Waals surface area (Å²) in [6.07, 6.45) is 2.92. The Morgan fingerprint density at radius 2 is 1.95 bits per heavy atom. The molecule has 0 N–H and O–H groups in total. The maximum absolute atomic E-state index is 12.3. The molecule has 1 aromatic carbocycles. The lowest BCUT2D eigenvalue weighted by atomic mass is 10.0. The summed E-state index contributed by atoms with van der Waals surface area (Å²) in [4.78, 5) is 28.3. The van der Waals surface area contributed by atoms with Crippen molar-refractivity contribution in [3.63, 3.8) is 0 Å². The van der Waals surface area contributed by atoms with Crippen molar-refractivity contribution < 1.29 is 19.1 Å². The monoisotopic (exact) mass is 288 g/mol. The molecular weight excluding hydrogens is 272 g/mol. The van der Waals surface area contributed by atoms with E-state index in [1.54, 1.807) is 36.0 Å². The molecule has 21 heavy (non-hydrogen) atoms. The van der Waals surface area contributed by atoms with Crippen molar-refractivity contribution in [3.8, 4) is 11.5 Å². The normalized spacial score (nSPS) is 10.2. The van der Waals surface area contributed by atoms with E-state index >= 15 is 0 Å². The smallest absolute Gasteiger partial charge is 0.205 e. The van der Waals surface area contributed by atoms with Crippen LogP contribution in [-0.4, -0.2) is 35.3 Å². The van der Waals surface area contributed by atoms with E-state index < -0.39 is 0 Å². The largest absolute Gasteiger partial charge is 0.497 e. The Kier molecular flexibility index (Phi) is 4.37. The highest BCUT2D eigenvalue weighted by Crippen LogP contribution is 2.25. The first kappa shape index (κ1) is 14.8. The van der Waals surface area contributed by atoms with E-state index in [1.165, 1.54) is 20.4 Å². The number of nitrogens with zero attached hydrogens (tertiary/aromatic N) is 2. The van der Waals surface area contributed by atoms with Crippen molar-refractivity contribution >= 4 is 11.6 Å². The quantitative estimate of drug-likeness (QED) is 0.599. The van der Waals surface area contributed by atoms with Gasteiger partial charge in [-0.1, -0.05) is 0 Å². The van der Waals surface area contributed by atoms with Gasteiger partial charge in [-0.3, -0.25) is 9.59 Å². The predicted octanol–water partition coefficient (Wildman–Crippen LogP) is 1.89. The summed E-state index contributed by atoms with van der Waals surface area (Å²) < 4.78 is 11.8. The number of ether oxygens (including phenoxy) is 2. The Hall–Kier alpha value is -2.63. The number of aromatic nitrogens is 2. The van der Waals surface area contributed by atoms with E-state index in [0.29, 0.717) is 17.1 Å². The van der Waals surface area contributed by atoms with Crippen LogP contribution in [0.2, 0.25) is 0 Å². The number of imidazole rings is 1. The van der Waals surface area contributed by atoms with E-state index in [4.69, 9.17) is 9.47 Å². The van der Waals surface area contributed by atoms with Crippen LogP contribution >= 0.6 is 0 Å². The minimum atomic E-state index is -0.328. The van der Waals surface area contributed by atoms with E-state index in [2.05, 4.69) is 4.98 Å². The van der Waals surface area contributed by atoms with Crippen LogP contribution in [0, 0.1) is 0 Å². The molecule has 2 rings (SSSR count). The molecule has 6 heteroatoms. The zero-order chi connectivity index (χ0) is 15.4. The molecule has 0 aliphatic carbocycles. The lowest BCUT2D eigenvalue weighted by molar-refractivity contribution is 0.0885. The molecule has 0 saturated carbocycles. The Labute approximate surface area is 122 Å². The third-order valence-corrected chi connectivity index (χ3v) is 3.10. The van der Waals surface area contributed by atoms with Crippen LogP contribution in [-0.2, 0) is 7.05 Å². The molecule has 0 amide bonds. The molecule has 1 aromatic heterocycles. The number of methoxy groups -OCH3 is 2. The van der Waals surface area contributed by atoms with Crippen molar-refractivity contribution in [1.82, 2.24) is 9.55 Å². The van der Waals surface area contributed by atoms with Crippen LogP contribution in [0.5, 0.6) is 11.5 Å². The van der Waals surface area contributed by atoms with Gasteiger partial charge in [0, 0.05) is 25.5 Å². The molecule has 0 atom stereocenters. The summed E-state index contributed by atoms with van der Waals surface area (Å²) in [5.41, 5.74) is 0.348. The third kappa shape index (κ3) is 3.10. The standard InChI is InChI=1S/C15H16N2O4/c1-17-7-6-16-15(17)13(19)9-12(18)11-5-4-10(20-2)8-14(11)21-3/h4-8H,9H2,1-3H3. The average Bonchev–Trinajstić information content (AvgIpc) is 2.92. The second-order valence-electron chi connectivity index (χ2n) is 4.45. The van der Waals surface area contributed by atoms with Gasteiger partial charge in [0.15, 0.2) is 11.6 Å². The average molecular weight is 288 g/mol. The van der Waals surface area contributed by atoms with E-state index in [1.807, 2.05) is 0 Å². The fourth-order valence-corrected chi connectivity index (χ4v) is 1.98. The van der Waals surface area contributed by atoms with Crippen LogP contribution in [0.1, 0.15) is 27.4 Å². The second kappa shape index (κ2) is 6.21. The van der Waals surface area contributed by atoms with Gasteiger partial charge in [-0.25, -0.2) is 4.98 Å². The van der Waals surface area contributed by atoms with Gasteiger partial charge in [0.05, 0.1) is 26.2 Å².